The molecule has 4 nitrogen and oxygen atoms in total. The molecule has 0 radical (unpaired) electrons. The van der Waals surface area contributed by atoms with Crippen molar-refractivity contribution in [2.75, 3.05) is 19.6 Å². The molecular weight excluding hydrogens is 246 g/mol. The number of nitrogens with zero attached hydrogens (tertiary/aromatic N) is 2. The molecule has 0 atom stereocenters. The number of rotatable bonds is 5. The molecule has 0 aliphatic carbocycles. The van der Waals surface area contributed by atoms with Crippen LogP contribution >= 0.6 is 11.3 Å². The first-order valence-corrected chi connectivity index (χ1v) is 7.08. The van der Waals surface area contributed by atoms with Crippen LogP contribution in [-0.2, 0) is 11.3 Å². The van der Waals surface area contributed by atoms with Crippen molar-refractivity contribution in [3.63, 3.8) is 0 Å². The molecule has 0 unspecified atom stereocenters. The van der Waals surface area contributed by atoms with Crippen LogP contribution in [0.5, 0.6) is 0 Å². The molecular formula is C13H17N3OS. The fourth-order valence-corrected chi connectivity index (χ4v) is 2.84. The van der Waals surface area contributed by atoms with Crippen LogP contribution in [0.2, 0.25) is 0 Å². The number of hydrogen-bond donors (Lipinski definition) is 1. The largest absolute Gasteiger partial charge is 0.343 e. The SMILES string of the molecule is N#Cc1ccc(CNCCC(=O)N2CCCC2)s1. The van der Waals surface area contributed by atoms with E-state index in [0.29, 0.717) is 13.0 Å². The molecule has 1 aliphatic heterocycles. The van der Waals surface area contributed by atoms with E-state index in [1.165, 1.54) is 11.3 Å². The van der Waals surface area contributed by atoms with Crippen LogP contribution in [0.15, 0.2) is 12.1 Å². The van der Waals surface area contributed by atoms with E-state index in [0.717, 1.165) is 42.2 Å². The lowest BCUT2D eigenvalue weighted by atomic mass is 10.3. The summed E-state index contributed by atoms with van der Waals surface area (Å²) < 4.78 is 0. The molecule has 1 N–H and O–H groups in total. The second kappa shape index (κ2) is 6.53. The van der Waals surface area contributed by atoms with Crippen LogP contribution in [0.25, 0.3) is 0 Å². The quantitative estimate of drug-likeness (QED) is 0.823. The Hall–Kier alpha value is -1.38. The number of likely N-dealkylation sites (tertiary alicyclic amines) is 1. The monoisotopic (exact) mass is 263 g/mol. The van der Waals surface area contributed by atoms with E-state index in [4.69, 9.17) is 5.26 Å². The second-order valence-corrected chi connectivity index (χ2v) is 5.56. The molecule has 18 heavy (non-hydrogen) atoms. The highest BCUT2D eigenvalue weighted by Crippen LogP contribution is 2.14. The molecule has 0 aromatic carbocycles. The molecule has 1 aromatic rings. The Morgan fingerprint density at radius 2 is 2.22 bits per heavy atom. The van der Waals surface area contributed by atoms with Crippen molar-refractivity contribution in [1.82, 2.24) is 10.2 Å². The average Bonchev–Trinajstić information content (AvgIpc) is 3.05. The zero-order valence-corrected chi connectivity index (χ0v) is 11.1. The predicted octanol–water partition coefficient (Wildman–Crippen LogP) is 1.72. The first-order valence-electron chi connectivity index (χ1n) is 6.27. The van der Waals surface area contributed by atoms with E-state index in [-0.39, 0.29) is 5.91 Å². The summed E-state index contributed by atoms with van der Waals surface area (Å²) in [4.78, 5) is 15.6. The molecule has 2 rings (SSSR count). The minimum atomic E-state index is 0.254. The standard InChI is InChI=1S/C13H17N3OS/c14-9-11-3-4-12(18-11)10-15-6-5-13(17)16-7-1-2-8-16/h3-4,15H,1-2,5-8,10H2. The van der Waals surface area contributed by atoms with Gasteiger partial charge in [-0.15, -0.1) is 11.3 Å². The van der Waals surface area contributed by atoms with Gasteiger partial charge in [0.25, 0.3) is 0 Å². The molecule has 2 heterocycles. The van der Waals surface area contributed by atoms with Crippen LogP contribution in [0.1, 0.15) is 29.0 Å². The van der Waals surface area contributed by atoms with E-state index in [2.05, 4.69) is 11.4 Å². The van der Waals surface area contributed by atoms with Gasteiger partial charge in [0.2, 0.25) is 5.91 Å². The Balaban J connectivity index is 1.63. The van der Waals surface area contributed by atoms with E-state index >= 15 is 0 Å². The van der Waals surface area contributed by atoms with Crippen molar-refractivity contribution in [2.24, 2.45) is 0 Å². The maximum Gasteiger partial charge on any atom is 0.223 e. The Kier molecular flexibility index (Phi) is 4.73. The number of carbonyl (C=O) groups is 1. The maximum absolute atomic E-state index is 11.8. The minimum Gasteiger partial charge on any atom is -0.343 e. The van der Waals surface area contributed by atoms with Gasteiger partial charge >= 0.3 is 0 Å². The van der Waals surface area contributed by atoms with Gasteiger partial charge in [0.15, 0.2) is 0 Å². The van der Waals surface area contributed by atoms with Crippen molar-refractivity contribution in [1.29, 1.82) is 5.26 Å². The Morgan fingerprint density at radius 3 is 2.89 bits per heavy atom. The van der Waals surface area contributed by atoms with Crippen LogP contribution in [0.4, 0.5) is 0 Å². The van der Waals surface area contributed by atoms with Crippen LogP contribution < -0.4 is 5.32 Å². The summed E-state index contributed by atoms with van der Waals surface area (Å²) in [5.41, 5.74) is 0. The van der Waals surface area contributed by atoms with Crippen molar-refractivity contribution in [2.45, 2.75) is 25.8 Å². The second-order valence-electron chi connectivity index (χ2n) is 4.39. The lowest BCUT2D eigenvalue weighted by Crippen LogP contribution is -2.30. The van der Waals surface area contributed by atoms with Crippen molar-refractivity contribution < 1.29 is 4.79 Å². The minimum absolute atomic E-state index is 0.254. The third-order valence-corrected chi connectivity index (χ3v) is 4.04. The van der Waals surface area contributed by atoms with E-state index in [1.54, 1.807) is 0 Å². The molecule has 0 bridgehead atoms. The third kappa shape index (κ3) is 3.56. The van der Waals surface area contributed by atoms with Gasteiger partial charge in [-0.1, -0.05) is 0 Å². The summed E-state index contributed by atoms with van der Waals surface area (Å²) >= 11 is 1.50. The molecule has 1 aliphatic rings. The number of nitriles is 1. The number of nitrogens with one attached hydrogen (secondary N) is 1. The molecule has 1 aromatic heterocycles. The Morgan fingerprint density at radius 1 is 1.44 bits per heavy atom. The number of amides is 1. The van der Waals surface area contributed by atoms with Crippen LogP contribution in [-0.4, -0.2) is 30.4 Å². The summed E-state index contributed by atoms with van der Waals surface area (Å²) in [6.07, 6.45) is 2.85. The fraction of sp³-hybridized carbons (Fsp3) is 0.538. The summed E-state index contributed by atoms with van der Waals surface area (Å²) in [6, 6.07) is 5.91. The van der Waals surface area contributed by atoms with Gasteiger partial charge in [-0.05, 0) is 25.0 Å². The van der Waals surface area contributed by atoms with Gasteiger partial charge in [0.1, 0.15) is 10.9 Å². The summed E-state index contributed by atoms with van der Waals surface area (Å²) in [5.74, 6) is 0.254. The van der Waals surface area contributed by atoms with E-state index in [1.807, 2.05) is 17.0 Å². The van der Waals surface area contributed by atoms with E-state index in [9.17, 15) is 4.79 Å². The summed E-state index contributed by atoms with van der Waals surface area (Å²) in [5, 5.41) is 12.0. The Bertz CT molecular complexity index is 443. The molecule has 5 heteroatoms. The molecule has 0 saturated carbocycles. The summed E-state index contributed by atoms with van der Waals surface area (Å²) in [7, 11) is 0. The topological polar surface area (TPSA) is 56.1 Å². The maximum atomic E-state index is 11.8. The highest BCUT2D eigenvalue weighted by atomic mass is 32.1. The highest BCUT2D eigenvalue weighted by Gasteiger charge is 2.16. The third-order valence-electron chi connectivity index (χ3n) is 3.05. The molecule has 1 saturated heterocycles. The Labute approximate surface area is 111 Å². The number of thiophene rings is 1. The fourth-order valence-electron chi connectivity index (χ4n) is 2.06. The first-order chi connectivity index (χ1) is 8.79. The molecule has 1 fully saturated rings. The smallest absolute Gasteiger partial charge is 0.223 e. The molecule has 96 valence electrons. The van der Waals surface area contributed by atoms with Gasteiger partial charge < -0.3 is 10.2 Å². The van der Waals surface area contributed by atoms with Gasteiger partial charge in [0, 0.05) is 37.5 Å². The number of hydrogen-bond acceptors (Lipinski definition) is 4. The van der Waals surface area contributed by atoms with Crippen LogP contribution in [0, 0.1) is 11.3 Å². The molecule has 1 amide bonds. The molecule has 0 spiro atoms. The number of carbonyl (C=O) groups excluding carboxylic acids is 1. The van der Waals surface area contributed by atoms with Gasteiger partial charge in [0.05, 0.1) is 0 Å². The summed E-state index contributed by atoms with van der Waals surface area (Å²) in [6.45, 7) is 3.29. The van der Waals surface area contributed by atoms with Gasteiger partial charge in [-0.3, -0.25) is 4.79 Å². The lowest BCUT2D eigenvalue weighted by molar-refractivity contribution is -0.130. The van der Waals surface area contributed by atoms with Crippen molar-refractivity contribution >= 4 is 17.2 Å². The predicted molar refractivity (Wildman–Crippen MR) is 71.2 cm³/mol. The zero-order chi connectivity index (χ0) is 12.8. The van der Waals surface area contributed by atoms with E-state index < -0.39 is 0 Å². The van der Waals surface area contributed by atoms with Crippen molar-refractivity contribution in [3.8, 4) is 6.07 Å². The first kappa shape index (κ1) is 13.1. The zero-order valence-electron chi connectivity index (χ0n) is 10.3. The van der Waals surface area contributed by atoms with Crippen LogP contribution in [0.3, 0.4) is 0 Å². The highest BCUT2D eigenvalue weighted by molar-refractivity contribution is 7.12. The van der Waals surface area contributed by atoms with Crippen molar-refractivity contribution in [3.05, 3.63) is 21.9 Å². The average molecular weight is 263 g/mol. The normalized spacial score (nSPS) is 14.7. The van der Waals surface area contributed by atoms with Gasteiger partial charge in [-0.25, -0.2) is 0 Å². The lowest BCUT2D eigenvalue weighted by Gasteiger charge is -2.14. The van der Waals surface area contributed by atoms with Gasteiger partial charge in [-0.2, -0.15) is 5.26 Å².